The van der Waals surface area contributed by atoms with E-state index in [4.69, 9.17) is 0 Å². The molecule has 0 aromatic heterocycles. The fourth-order valence-electron chi connectivity index (χ4n) is 1.88. The second-order valence-electron chi connectivity index (χ2n) is 4.57. The first-order chi connectivity index (χ1) is 8.08. The molecule has 0 aliphatic carbocycles. The Morgan fingerprint density at radius 2 is 1.53 bits per heavy atom. The minimum atomic E-state index is 1.32. The zero-order chi connectivity index (χ0) is 12.4. The van der Waals surface area contributed by atoms with Crippen molar-refractivity contribution in [2.45, 2.75) is 37.5 Å². The average Bonchev–Trinajstić information content (AvgIpc) is 2.30. The number of hydrogen-bond donors (Lipinski definition) is 0. The lowest BCUT2D eigenvalue weighted by Gasteiger charge is -2.12. The van der Waals surface area contributed by atoms with Gasteiger partial charge in [0.15, 0.2) is 0 Å². The third-order valence-corrected chi connectivity index (χ3v) is 4.40. The zero-order valence-electron chi connectivity index (χ0n) is 10.9. The molecule has 0 aliphatic rings. The summed E-state index contributed by atoms with van der Waals surface area (Å²) in [5.41, 5.74) is 5.44. The smallest absolute Gasteiger partial charge is 0.0183 e. The van der Waals surface area contributed by atoms with Crippen LogP contribution in [0, 0.1) is 27.7 Å². The van der Waals surface area contributed by atoms with Gasteiger partial charge in [0.05, 0.1) is 0 Å². The molecule has 0 bridgehead atoms. The van der Waals surface area contributed by atoms with Gasteiger partial charge in [-0.25, -0.2) is 0 Å². The molecule has 0 unspecified atom stereocenters. The summed E-state index contributed by atoms with van der Waals surface area (Å²) >= 11 is 1.87. The Balaban J connectivity index is 2.39. The van der Waals surface area contributed by atoms with Crippen LogP contribution in [0.4, 0.5) is 0 Å². The first-order valence-corrected chi connectivity index (χ1v) is 6.71. The quantitative estimate of drug-likeness (QED) is 0.708. The van der Waals surface area contributed by atoms with Crippen LogP contribution >= 0.6 is 11.8 Å². The van der Waals surface area contributed by atoms with E-state index in [0.29, 0.717) is 0 Å². The van der Waals surface area contributed by atoms with E-state index in [1.54, 1.807) is 0 Å². The van der Waals surface area contributed by atoms with E-state index in [1.807, 2.05) is 11.8 Å². The van der Waals surface area contributed by atoms with E-state index in [1.165, 1.54) is 32.0 Å². The van der Waals surface area contributed by atoms with Crippen LogP contribution in [0.2, 0.25) is 0 Å². The molecular weight excluding hydrogens is 224 g/mol. The van der Waals surface area contributed by atoms with Crippen molar-refractivity contribution in [3.8, 4) is 0 Å². The summed E-state index contributed by atoms with van der Waals surface area (Å²) in [4.78, 5) is 2.72. The SMILES string of the molecule is Cc1cccc(Sc2c(C)ccc(C)c2C)c1. The Morgan fingerprint density at radius 3 is 2.24 bits per heavy atom. The second kappa shape index (κ2) is 4.97. The van der Waals surface area contributed by atoms with E-state index in [9.17, 15) is 0 Å². The molecular formula is C16H18S. The first kappa shape index (κ1) is 12.3. The molecule has 17 heavy (non-hydrogen) atoms. The molecule has 2 aromatic carbocycles. The first-order valence-electron chi connectivity index (χ1n) is 5.89. The Labute approximate surface area is 108 Å². The molecule has 0 saturated heterocycles. The van der Waals surface area contributed by atoms with Gasteiger partial charge in [-0.1, -0.05) is 41.6 Å². The van der Waals surface area contributed by atoms with E-state index >= 15 is 0 Å². The van der Waals surface area contributed by atoms with E-state index < -0.39 is 0 Å². The minimum Gasteiger partial charge on any atom is -0.0895 e. The second-order valence-corrected chi connectivity index (χ2v) is 5.66. The third kappa shape index (κ3) is 2.73. The van der Waals surface area contributed by atoms with Crippen LogP contribution in [0.3, 0.4) is 0 Å². The fourth-order valence-corrected chi connectivity index (χ4v) is 3.05. The van der Waals surface area contributed by atoms with Crippen molar-refractivity contribution in [2.24, 2.45) is 0 Å². The molecule has 2 rings (SSSR count). The Kier molecular flexibility index (Phi) is 3.58. The number of aryl methyl sites for hydroxylation is 3. The summed E-state index contributed by atoms with van der Waals surface area (Å²) in [6, 6.07) is 13.1. The van der Waals surface area contributed by atoms with E-state index in [-0.39, 0.29) is 0 Å². The molecule has 0 radical (unpaired) electrons. The predicted molar refractivity (Wildman–Crippen MR) is 76.0 cm³/mol. The highest BCUT2D eigenvalue weighted by Gasteiger charge is 2.06. The fraction of sp³-hybridized carbons (Fsp3) is 0.250. The number of hydrogen-bond acceptors (Lipinski definition) is 1. The summed E-state index contributed by atoms with van der Waals surface area (Å²) < 4.78 is 0. The number of rotatable bonds is 2. The molecule has 0 spiro atoms. The maximum Gasteiger partial charge on any atom is 0.0183 e. The minimum absolute atomic E-state index is 1.32. The zero-order valence-corrected chi connectivity index (χ0v) is 11.7. The van der Waals surface area contributed by atoms with Gasteiger partial charge in [0.25, 0.3) is 0 Å². The van der Waals surface area contributed by atoms with Crippen LogP contribution in [0.25, 0.3) is 0 Å². The monoisotopic (exact) mass is 242 g/mol. The summed E-state index contributed by atoms with van der Waals surface area (Å²) in [5.74, 6) is 0. The Morgan fingerprint density at radius 1 is 0.824 bits per heavy atom. The Bertz CT molecular complexity index is 541. The lowest BCUT2D eigenvalue weighted by Crippen LogP contribution is -1.89. The van der Waals surface area contributed by atoms with Crippen molar-refractivity contribution < 1.29 is 0 Å². The maximum atomic E-state index is 2.24. The lowest BCUT2D eigenvalue weighted by molar-refractivity contribution is 1.17. The van der Waals surface area contributed by atoms with Crippen molar-refractivity contribution in [2.75, 3.05) is 0 Å². The van der Waals surface area contributed by atoms with Gasteiger partial charge in [-0.3, -0.25) is 0 Å². The van der Waals surface area contributed by atoms with Crippen LogP contribution in [0.15, 0.2) is 46.2 Å². The van der Waals surface area contributed by atoms with Gasteiger partial charge in [0.1, 0.15) is 0 Å². The summed E-state index contributed by atoms with van der Waals surface area (Å²) in [6.07, 6.45) is 0. The van der Waals surface area contributed by atoms with Gasteiger partial charge in [-0.15, -0.1) is 0 Å². The van der Waals surface area contributed by atoms with E-state index in [0.717, 1.165) is 0 Å². The topological polar surface area (TPSA) is 0 Å². The summed E-state index contributed by atoms with van der Waals surface area (Å²) in [6.45, 7) is 8.71. The highest BCUT2D eigenvalue weighted by atomic mass is 32.2. The lowest BCUT2D eigenvalue weighted by atomic mass is 10.1. The van der Waals surface area contributed by atoms with Crippen LogP contribution in [0.5, 0.6) is 0 Å². The van der Waals surface area contributed by atoms with Gasteiger partial charge in [0, 0.05) is 9.79 Å². The highest BCUT2D eigenvalue weighted by Crippen LogP contribution is 2.34. The van der Waals surface area contributed by atoms with E-state index in [2.05, 4.69) is 64.1 Å². The summed E-state index contributed by atoms with van der Waals surface area (Å²) in [7, 11) is 0. The van der Waals surface area contributed by atoms with Crippen molar-refractivity contribution >= 4 is 11.8 Å². The molecule has 0 atom stereocenters. The predicted octanol–water partition coefficient (Wildman–Crippen LogP) is 5.07. The Hall–Kier alpha value is -1.21. The standard InChI is InChI=1S/C16H18S/c1-11-6-5-7-15(10-11)17-16-13(3)9-8-12(2)14(16)4/h5-10H,1-4H3. The largest absolute Gasteiger partial charge is 0.0895 e. The maximum absolute atomic E-state index is 2.24. The molecule has 0 heterocycles. The molecule has 0 fully saturated rings. The highest BCUT2D eigenvalue weighted by molar-refractivity contribution is 7.99. The van der Waals surface area contributed by atoms with Gasteiger partial charge in [-0.2, -0.15) is 0 Å². The van der Waals surface area contributed by atoms with Crippen LogP contribution in [-0.2, 0) is 0 Å². The summed E-state index contributed by atoms with van der Waals surface area (Å²) in [5, 5.41) is 0. The molecule has 1 heteroatoms. The molecule has 0 aliphatic heterocycles. The molecule has 0 N–H and O–H groups in total. The van der Waals surface area contributed by atoms with Crippen molar-refractivity contribution in [1.29, 1.82) is 0 Å². The molecule has 0 nitrogen and oxygen atoms in total. The van der Waals surface area contributed by atoms with Crippen molar-refractivity contribution in [1.82, 2.24) is 0 Å². The van der Waals surface area contributed by atoms with Gasteiger partial charge < -0.3 is 0 Å². The van der Waals surface area contributed by atoms with Gasteiger partial charge in [-0.05, 0) is 56.5 Å². The van der Waals surface area contributed by atoms with Gasteiger partial charge >= 0.3 is 0 Å². The van der Waals surface area contributed by atoms with Crippen LogP contribution < -0.4 is 0 Å². The van der Waals surface area contributed by atoms with Gasteiger partial charge in [0.2, 0.25) is 0 Å². The van der Waals surface area contributed by atoms with Crippen molar-refractivity contribution in [3.05, 3.63) is 58.7 Å². The molecule has 88 valence electrons. The normalized spacial score (nSPS) is 10.6. The number of benzene rings is 2. The third-order valence-electron chi connectivity index (χ3n) is 3.08. The van der Waals surface area contributed by atoms with Crippen LogP contribution in [0.1, 0.15) is 22.3 Å². The average molecular weight is 242 g/mol. The van der Waals surface area contributed by atoms with Crippen molar-refractivity contribution in [3.63, 3.8) is 0 Å². The molecule has 0 amide bonds. The van der Waals surface area contributed by atoms with Crippen LogP contribution in [-0.4, -0.2) is 0 Å². The molecule has 0 saturated carbocycles. The molecule has 2 aromatic rings.